The molecule has 0 aliphatic carbocycles. The van der Waals surface area contributed by atoms with E-state index in [-0.39, 0.29) is 26.1 Å². The molecule has 0 spiro atoms. The number of hydrogen-bond donors (Lipinski definition) is 0. The quantitative estimate of drug-likeness (QED) is 0.0195. The number of ether oxygens (including phenoxy) is 2. The molecule has 0 aliphatic rings. The van der Waals surface area contributed by atoms with E-state index in [0.717, 1.165) is 96.3 Å². The van der Waals surface area contributed by atoms with Gasteiger partial charge in [0.25, 0.3) is 7.82 Å². The van der Waals surface area contributed by atoms with Crippen molar-refractivity contribution in [3.63, 3.8) is 0 Å². The molecule has 0 N–H and O–H groups in total. The van der Waals surface area contributed by atoms with Gasteiger partial charge in [0.05, 0.1) is 27.7 Å². The van der Waals surface area contributed by atoms with Gasteiger partial charge in [-0.3, -0.25) is 14.2 Å². The van der Waals surface area contributed by atoms with Gasteiger partial charge in [0.2, 0.25) is 0 Å². The number of phosphoric acid groups is 1. The molecule has 0 aromatic carbocycles. The van der Waals surface area contributed by atoms with Crippen LogP contribution in [0, 0.1) is 0 Å². The summed E-state index contributed by atoms with van der Waals surface area (Å²) in [7, 11) is 1.12. The topological polar surface area (TPSA) is 111 Å². The smallest absolute Gasteiger partial charge is 0.306 e. The van der Waals surface area contributed by atoms with Crippen LogP contribution in [0.1, 0.15) is 284 Å². The Morgan fingerprint density at radius 2 is 0.625 bits per heavy atom. The SMILES string of the molecule is CC/C=C\C/C=C\C/C=C\C/C=C\C/C=C\C/C=C\C/C=C\CCCC(=O)OC(COC(=O)CCCCCCCCCCCCCCCCCCCCCCCCCCC/C=C\C/C=C\C/C=C\C/C=C\C/C=C\CC)COP(=O)([O-])OCC[N+](C)(C)C. The summed E-state index contributed by atoms with van der Waals surface area (Å²) in [5.74, 6) is -0.902. The fraction of sp³-hybridized carbons (Fsp3) is 0.667. The number of nitrogens with zero attached hydrogens (tertiary/aromatic N) is 1. The summed E-state index contributed by atoms with van der Waals surface area (Å²) in [6.07, 6.45) is 99.6. The van der Waals surface area contributed by atoms with E-state index in [9.17, 15) is 19.0 Å². The standard InChI is InChI=1S/C78H132NO8P/c1-6-8-10-12-14-16-18-20-22-24-26-28-30-31-32-33-34-35-36-37-38-39-40-41-42-43-44-45-46-47-49-50-52-54-56-58-60-62-64-66-68-70-77(80)84-74-76(75-86-88(82,83)85-73-72-79(3,4)5)87-78(81)71-69-67-65-63-61-59-57-55-53-51-48-29-27-25-23-21-19-17-15-13-11-9-7-2/h8-11,14-17,20-23,26-29,31-32,51,53,57,59,63,65,76H,6-7,12-13,18-19,24-25,30,33-50,52,54-56,58,60-62,64,66-75H2,1-5H3/b10-8-,11-9-,16-14-,17-15-,22-20-,23-21-,28-26-,29-27-,32-31-,53-51-,59-57-,65-63-. The first-order valence-corrected chi connectivity index (χ1v) is 37.0. The summed E-state index contributed by atoms with van der Waals surface area (Å²) in [5, 5.41) is 0. The third kappa shape index (κ3) is 71.0. The number of likely N-dealkylation sites (N-methyl/N-ethyl adjacent to an activating group) is 1. The lowest BCUT2D eigenvalue weighted by Crippen LogP contribution is -2.37. The van der Waals surface area contributed by atoms with Crippen LogP contribution in [0.2, 0.25) is 0 Å². The van der Waals surface area contributed by atoms with Crippen molar-refractivity contribution in [1.29, 1.82) is 0 Å². The van der Waals surface area contributed by atoms with Gasteiger partial charge < -0.3 is 27.9 Å². The Balaban J connectivity index is 4.01. The third-order valence-electron chi connectivity index (χ3n) is 14.9. The lowest BCUT2D eigenvalue weighted by atomic mass is 10.0. The summed E-state index contributed by atoms with van der Waals surface area (Å²) >= 11 is 0. The third-order valence-corrected chi connectivity index (χ3v) is 15.8. The second kappa shape index (κ2) is 67.3. The Morgan fingerprint density at radius 1 is 0.352 bits per heavy atom. The second-order valence-electron chi connectivity index (χ2n) is 24.5. The van der Waals surface area contributed by atoms with E-state index in [1.807, 2.05) is 27.2 Å². The van der Waals surface area contributed by atoms with Crippen LogP contribution in [0.4, 0.5) is 0 Å². The summed E-state index contributed by atoms with van der Waals surface area (Å²) in [5.41, 5.74) is 0. The average molecular weight is 1240 g/mol. The average Bonchev–Trinajstić information content (AvgIpc) is 3.68. The van der Waals surface area contributed by atoms with Crippen molar-refractivity contribution in [2.75, 3.05) is 47.5 Å². The maximum Gasteiger partial charge on any atom is 0.306 e. The molecular weight excluding hydrogens is 1110 g/mol. The minimum Gasteiger partial charge on any atom is -0.756 e. The Hall–Kier alpha value is -4.11. The van der Waals surface area contributed by atoms with Crippen molar-refractivity contribution in [1.82, 2.24) is 0 Å². The Labute approximate surface area is 542 Å². The fourth-order valence-corrected chi connectivity index (χ4v) is 10.2. The van der Waals surface area contributed by atoms with E-state index in [0.29, 0.717) is 23.9 Å². The zero-order valence-corrected chi connectivity index (χ0v) is 58.0. The summed E-state index contributed by atoms with van der Waals surface area (Å²) in [4.78, 5) is 38.0. The minimum absolute atomic E-state index is 0.0472. The molecule has 2 unspecified atom stereocenters. The molecule has 0 saturated heterocycles. The molecule has 0 aromatic rings. The summed E-state index contributed by atoms with van der Waals surface area (Å²) < 4.78 is 34.2. The van der Waals surface area contributed by atoms with Gasteiger partial charge in [0, 0.05) is 12.8 Å². The molecule has 88 heavy (non-hydrogen) atoms. The number of carbonyl (C=O) groups excluding carboxylic acids is 2. The normalized spacial score (nSPS) is 14.0. The summed E-state index contributed by atoms with van der Waals surface area (Å²) in [6, 6.07) is 0. The molecule has 0 amide bonds. The van der Waals surface area contributed by atoms with E-state index >= 15 is 0 Å². The molecule has 0 radical (unpaired) electrons. The zero-order valence-electron chi connectivity index (χ0n) is 57.1. The van der Waals surface area contributed by atoms with Crippen LogP contribution in [-0.4, -0.2) is 70.0 Å². The Bertz CT molecular complexity index is 2000. The lowest BCUT2D eigenvalue weighted by molar-refractivity contribution is -0.870. The first kappa shape index (κ1) is 83.9. The zero-order chi connectivity index (χ0) is 64.1. The summed E-state index contributed by atoms with van der Waals surface area (Å²) in [6.45, 7) is 3.95. The highest BCUT2D eigenvalue weighted by Crippen LogP contribution is 2.38. The molecule has 2 atom stereocenters. The number of allylic oxidation sites excluding steroid dienone is 24. The molecule has 0 fully saturated rings. The largest absolute Gasteiger partial charge is 0.756 e. The van der Waals surface area contributed by atoms with Crippen LogP contribution in [0.5, 0.6) is 0 Å². The maximum atomic E-state index is 12.8. The van der Waals surface area contributed by atoms with E-state index in [2.05, 4.69) is 154 Å². The highest BCUT2D eigenvalue weighted by atomic mass is 31.2. The van der Waals surface area contributed by atoms with Crippen LogP contribution in [0.15, 0.2) is 146 Å². The minimum atomic E-state index is -4.66. The molecule has 9 nitrogen and oxygen atoms in total. The van der Waals surface area contributed by atoms with Crippen molar-refractivity contribution in [3.8, 4) is 0 Å². The van der Waals surface area contributed by atoms with Gasteiger partial charge >= 0.3 is 11.9 Å². The van der Waals surface area contributed by atoms with E-state index < -0.39 is 32.5 Å². The van der Waals surface area contributed by atoms with Gasteiger partial charge in [-0.25, -0.2) is 0 Å². The van der Waals surface area contributed by atoms with Gasteiger partial charge in [-0.15, -0.1) is 0 Å². The molecular formula is C78H132NO8P. The second-order valence-corrected chi connectivity index (χ2v) is 25.9. The number of carbonyl (C=O) groups is 2. The number of quaternary nitrogens is 1. The number of hydrogen-bond acceptors (Lipinski definition) is 8. The van der Waals surface area contributed by atoms with Gasteiger partial charge in [0.1, 0.15) is 19.8 Å². The van der Waals surface area contributed by atoms with E-state index in [4.69, 9.17) is 18.5 Å². The highest BCUT2D eigenvalue weighted by molar-refractivity contribution is 7.45. The van der Waals surface area contributed by atoms with Crippen molar-refractivity contribution < 1.29 is 42.1 Å². The molecule has 0 aliphatic heterocycles. The van der Waals surface area contributed by atoms with Crippen LogP contribution in [0.25, 0.3) is 0 Å². The van der Waals surface area contributed by atoms with Crippen LogP contribution in [0.3, 0.4) is 0 Å². The van der Waals surface area contributed by atoms with Crippen molar-refractivity contribution >= 4 is 19.8 Å². The highest BCUT2D eigenvalue weighted by Gasteiger charge is 2.22. The molecule has 0 heterocycles. The predicted octanol–water partition coefficient (Wildman–Crippen LogP) is 22.7. The number of rotatable bonds is 64. The van der Waals surface area contributed by atoms with Gasteiger partial charge in [0.15, 0.2) is 6.10 Å². The van der Waals surface area contributed by atoms with Crippen molar-refractivity contribution in [3.05, 3.63) is 146 Å². The van der Waals surface area contributed by atoms with E-state index in [1.165, 1.54) is 148 Å². The maximum absolute atomic E-state index is 12.8. The molecule has 10 heteroatoms. The Morgan fingerprint density at radius 3 is 0.943 bits per heavy atom. The number of esters is 2. The molecule has 0 saturated carbocycles. The van der Waals surface area contributed by atoms with E-state index in [1.54, 1.807) is 0 Å². The predicted molar refractivity (Wildman–Crippen MR) is 378 cm³/mol. The molecule has 0 rings (SSSR count). The van der Waals surface area contributed by atoms with Gasteiger partial charge in [-0.05, 0) is 109 Å². The van der Waals surface area contributed by atoms with Crippen LogP contribution in [-0.2, 0) is 32.7 Å². The lowest BCUT2D eigenvalue weighted by Gasteiger charge is -2.28. The van der Waals surface area contributed by atoms with Gasteiger partial charge in [-0.2, -0.15) is 0 Å². The fourth-order valence-electron chi connectivity index (χ4n) is 9.50. The first-order chi connectivity index (χ1) is 43.0. The van der Waals surface area contributed by atoms with Crippen LogP contribution >= 0.6 is 7.82 Å². The monoisotopic (exact) mass is 1240 g/mol. The van der Waals surface area contributed by atoms with Gasteiger partial charge in [-0.1, -0.05) is 307 Å². The Kier molecular flexibility index (Phi) is 64.1. The number of unbranched alkanes of at least 4 members (excludes halogenated alkanes) is 26. The van der Waals surface area contributed by atoms with Crippen molar-refractivity contribution in [2.24, 2.45) is 0 Å². The first-order valence-electron chi connectivity index (χ1n) is 35.5. The molecule has 0 aromatic heterocycles. The molecule has 502 valence electrons. The molecule has 0 bridgehead atoms. The van der Waals surface area contributed by atoms with Crippen LogP contribution < -0.4 is 4.89 Å². The number of phosphoric ester groups is 1. The van der Waals surface area contributed by atoms with Crippen molar-refractivity contribution in [2.45, 2.75) is 290 Å².